The van der Waals surface area contributed by atoms with Crippen molar-refractivity contribution in [2.45, 2.75) is 393 Å². The van der Waals surface area contributed by atoms with E-state index in [0.717, 1.165) is 64.2 Å². The first kappa shape index (κ1) is 73.9. The fourth-order valence-corrected chi connectivity index (χ4v) is 10.5. The molecule has 448 valence electrons. The van der Waals surface area contributed by atoms with Gasteiger partial charge in [0.1, 0.15) is 13.2 Å². The maximum atomic E-state index is 12.9. The molecule has 0 fully saturated rings. The predicted molar refractivity (Wildman–Crippen MR) is 330 cm³/mol. The lowest BCUT2D eigenvalue weighted by molar-refractivity contribution is -0.167. The number of unbranched alkanes of at least 4 members (excludes halogenated alkanes) is 49. The quantitative estimate of drug-likeness (QED) is 0.0261. The second-order valence-corrected chi connectivity index (χ2v) is 23.5. The van der Waals surface area contributed by atoms with Crippen LogP contribution in [0.3, 0.4) is 0 Å². The highest BCUT2D eigenvalue weighted by Crippen LogP contribution is 2.19. The van der Waals surface area contributed by atoms with Crippen LogP contribution in [0, 0.1) is 0 Å². The summed E-state index contributed by atoms with van der Waals surface area (Å²) in [6.45, 7) is 6.67. The van der Waals surface area contributed by atoms with E-state index in [2.05, 4.69) is 45.1 Å². The normalized spacial score (nSPS) is 12.1. The van der Waals surface area contributed by atoms with Crippen LogP contribution in [0.5, 0.6) is 0 Å². The molecule has 0 rings (SSSR count). The van der Waals surface area contributed by atoms with Crippen molar-refractivity contribution in [3.63, 3.8) is 0 Å². The van der Waals surface area contributed by atoms with Crippen LogP contribution in [-0.4, -0.2) is 37.2 Å². The molecule has 0 aromatic heterocycles. The third kappa shape index (κ3) is 62.7. The fraction of sp³-hybridized carbons (Fsp3) is 0.900. The van der Waals surface area contributed by atoms with E-state index < -0.39 is 6.10 Å². The lowest BCUT2D eigenvalue weighted by Crippen LogP contribution is -2.30. The Bertz CT molecular complexity index is 1230. The van der Waals surface area contributed by atoms with E-state index in [4.69, 9.17) is 14.2 Å². The summed E-state index contributed by atoms with van der Waals surface area (Å²) < 4.78 is 16.9. The van der Waals surface area contributed by atoms with Crippen LogP contribution < -0.4 is 0 Å². The average molecular weight is 1070 g/mol. The SMILES string of the molecule is CCCCCCC/C=C\C/C=C\CCCCCCCCCCCCCCCCCC(=O)OCC(COC(=O)CCCCCCCCCC)OC(=O)CCCCCCCCCCCCCCCCCCCCCCCCC. The van der Waals surface area contributed by atoms with E-state index in [-0.39, 0.29) is 31.1 Å². The highest BCUT2D eigenvalue weighted by molar-refractivity contribution is 5.71. The molecule has 0 saturated heterocycles. The first-order valence-electron chi connectivity index (χ1n) is 34.3. The summed E-state index contributed by atoms with van der Waals surface area (Å²) in [6.07, 6.45) is 79.4. The van der Waals surface area contributed by atoms with Crippen molar-refractivity contribution in [1.82, 2.24) is 0 Å². The molecule has 6 heteroatoms. The van der Waals surface area contributed by atoms with Crippen molar-refractivity contribution in [3.8, 4) is 0 Å². The van der Waals surface area contributed by atoms with Crippen LogP contribution in [0.15, 0.2) is 24.3 Å². The van der Waals surface area contributed by atoms with Crippen molar-refractivity contribution in [2.75, 3.05) is 13.2 Å². The van der Waals surface area contributed by atoms with Gasteiger partial charge in [-0.25, -0.2) is 0 Å². The molecule has 0 amide bonds. The fourth-order valence-electron chi connectivity index (χ4n) is 10.5. The Morgan fingerprint density at radius 2 is 0.474 bits per heavy atom. The van der Waals surface area contributed by atoms with Crippen molar-refractivity contribution in [3.05, 3.63) is 24.3 Å². The maximum Gasteiger partial charge on any atom is 0.306 e. The van der Waals surface area contributed by atoms with Gasteiger partial charge in [-0.05, 0) is 51.4 Å². The van der Waals surface area contributed by atoms with Gasteiger partial charge in [-0.15, -0.1) is 0 Å². The number of rotatable bonds is 64. The van der Waals surface area contributed by atoms with Gasteiger partial charge in [-0.2, -0.15) is 0 Å². The number of carbonyl (C=O) groups excluding carboxylic acids is 3. The minimum Gasteiger partial charge on any atom is -0.462 e. The van der Waals surface area contributed by atoms with Gasteiger partial charge in [0.05, 0.1) is 0 Å². The topological polar surface area (TPSA) is 78.9 Å². The van der Waals surface area contributed by atoms with Crippen LogP contribution >= 0.6 is 0 Å². The summed E-state index contributed by atoms with van der Waals surface area (Å²) in [5.41, 5.74) is 0. The summed E-state index contributed by atoms with van der Waals surface area (Å²) in [5, 5.41) is 0. The summed E-state index contributed by atoms with van der Waals surface area (Å²) in [4.78, 5) is 38.2. The number of carbonyl (C=O) groups is 3. The maximum absolute atomic E-state index is 12.9. The van der Waals surface area contributed by atoms with Crippen LogP contribution in [0.2, 0.25) is 0 Å². The summed E-state index contributed by atoms with van der Waals surface area (Å²) in [5.74, 6) is -0.840. The highest BCUT2D eigenvalue weighted by atomic mass is 16.6. The Morgan fingerprint density at radius 1 is 0.263 bits per heavy atom. The molecule has 1 unspecified atom stereocenters. The number of hydrogen-bond acceptors (Lipinski definition) is 6. The van der Waals surface area contributed by atoms with Gasteiger partial charge < -0.3 is 14.2 Å². The minimum atomic E-state index is -0.765. The van der Waals surface area contributed by atoms with Crippen molar-refractivity contribution < 1.29 is 28.6 Å². The van der Waals surface area contributed by atoms with E-state index in [9.17, 15) is 14.4 Å². The van der Waals surface area contributed by atoms with Crippen LogP contribution in [0.25, 0.3) is 0 Å². The Hall–Kier alpha value is -2.11. The number of allylic oxidation sites excluding steroid dienone is 4. The molecular formula is C70H132O6. The Labute approximate surface area is 474 Å². The molecule has 0 aromatic carbocycles. The Kier molecular flexibility index (Phi) is 63.6. The molecule has 0 aliphatic carbocycles. The van der Waals surface area contributed by atoms with Gasteiger partial charge in [-0.1, -0.05) is 340 Å². The predicted octanol–water partition coefficient (Wildman–Crippen LogP) is 23.4. The molecule has 0 saturated carbocycles. The van der Waals surface area contributed by atoms with Crippen LogP contribution in [0.1, 0.15) is 387 Å². The molecule has 76 heavy (non-hydrogen) atoms. The second kappa shape index (κ2) is 65.4. The molecule has 0 aliphatic heterocycles. The lowest BCUT2D eigenvalue weighted by atomic mass is 10.0. The van der Waals surface area contributed by atoms with Crippen molar-refractivity contribution >= 4 is 17.9 Å². The zero-order chi connectivity index (χ0) is 55.0. The highest BCUT2D eigenvalue weighted by Gasteiger charge is 2.19. The molecule has 1 atom stereocenters. The van der Waals surface area contributed by atoms with E-state index in [1.54, 1.807) is 0 Å². The van der Waals surface area contributed by atoms with E-state index in [0.29, 0.717) is 19.3 Å². The minimum absolute atomic E-state index is 0.0648. The molecule has 0 N–H and O–H groups in total. The zero-order valence-electron chi connectivity index (χ0n) is 51.6. The van der Waals surface area contributed by atoms with Gasteiger partial charge in [0.2, 0.25) is 0 Å². The van der Waals surface area contributed by atoms with Crippen molar-refractivity contribution in [1.29, 1.82) is 0 Å². The van der Waals surface area contributed by atoms with Crippen LogP contribution in [-0.2, 0) is 28.6 Å². The van der Waals surface area contributed by atoms with E-state index in [1.165, 1.54) is 283 Å². The molecule has 0 heterocycles. The largest absolute Gasteiger partial charge is 0.462 e. The third-order valence-electron chi connectivity index (χ3n) is 15.7. The third-order valence-corrected chi connectivity index (χ3v) is 15.7. The average Bonchev–Trinajstić information content (AvgIpc) is 3.42. The summed E-state index contributed by atoms with van der Waals surface area (Å²) >= 11 is 0. The van der Waals surface area contributed by atoms with Gasteiger partial charge in [0.15, 0.2) is 6.10 Å². The monoisotopic (exact) mass is 1070 g/mol. The summed E-state index contributed by atoms with van der Waals surface area (Å²) in [7, 11) is 0. The Balaban J connectivity index is 4.07. The van der Waals surface area contributed by atoms with Gasteiger partial charge >= 0.3 is 17.9 Å². The number of hydrogen-bond donors (Lipinski definition) is 0. The molecule has 0 aliphatic rings. The standard InChI is InChI=1S/C70H132O6/c1-4-7-10-13-16-19-21-23-25-27-29-31-33-34-35-36-38-39-41-43-45-47-49-51-54-57-60-63-69(72)75-66-67(65-74-68(71)62-59-56-53-18-15-12-9-6-3)76-70(73)64-61-58-55-52-50-48-46-44-42-40-37-32-30-28-26-24-22-20-17-14-11-8-5-2/h21,23,27,29,67H,4-20,22,24-26,28,30-66H2,1-3H3/b23-21-,29-27-. The van der Waals surface area contributed by atoms with E-state index in [1.807, 2.05) is 0 Å². The molecular weight excluding hydrogens is 937 g/mol. The molecule has 0 bridgehead atoms. The summed E-state index contributed by atoms with van der Waals surface area (Å²) in [6, 6.07) is 0. The van der Waals surface area contributed by atoms with Crippen molar-refractivity contribution in [2.24, 2.45) is 0 Å². The molecule has 0 radical (unpaired) electrons. The van der Waals surface area contributed by atoms with E-state index >= 15 is 0 Å². The smallest absolute Gasteiger partial charge is 0.306 e. The first-order chi connectivity index (χ1) is 37.5. The zero-order valence-corrected chi connectivity index (χ0v) is 51.6. The van der Waals surface area contributed by atoms with Gasteiger partial charge in [0.25, 0.3) is 0 Å². The van der Waals surface area contributed by atoms with Gasteiger partial charge in [-0.3, -0.25) is 14.4 Å². The molecule has 0 aromatic rings. The molecule has 6 nitrogen and oxygen atoms in total. The second-order valence-electron chi connectivity index (χ2n) is 23.5. The molecule has 0 spiro atoms. The Morgan fingerprint density at radius 3 is 0.724 bits per heavy atom. The lowest BCUT2D eigenvalue weighted by Gasteiger charge is -2.18. The number of esters is 3. The van der Waals surface area contributed by atoms with Crippen LogP contribution in [0.4, 0.5) is 0 Å². The first-order valence-corrected chi connectivity index (χ1v) is 34.3. The van der Waals surface area contributed by atoms with Gasteiger partial charge in [0, 0.05) is 19.3 Å². The number of ether oxygens (including phenoxy) is 3.